The summed E-state index contributed by atoms with van der Waals surface area (Å²) in [7, 11) is 0. The summed E-state index contributed by atoms with van der Waals surface area (Å²) in [5.74, 6) is 1.49. The summed E-state index contributed by atoms with van der Waals surface area (Å²) < 4.78 is 0. The van der Waals surface area contributed by atoms with E-state index in [1.807, 2.05) is 0 Å². The molecular formula is C18H30O2. The molecule has 0 amide bonds. The maximum absolute atomic E-state index is 12.9. The summed E-state index contributed by atoms with van der Waals surface area (Å²) in [5, 5.41) is 10.1. The van der Waals surface area contributed by atoms with Gasteiger partial charge >= 0.3 is 0 Å². The molecule has 0 saturated heterocycles. The Morgan fingerprint density at radius 3 is 2.80 bits per heavy atom. The van der Waals surface area contributed by atoms with Gasteiger partial charge in [0.05, 0.1) is 6.10 Å². The van der Waals surface area contributed by atoms with E-state index >= 15 is 0 Å². The molecule has 2 aliphatic rings. The van der Waals surface area contributed by atoms with Gasteiger partial charge in [-0.2, -0.15) is 0 Å². The average Bonchev–Trinajstić information content (AvgIpc) is 2.40. The van der Waals surface area contributed by atoms with Crippen molar-refractivity contribution < 1.29 is 9.90 Å². The highest BCUT2D eigenvalue weighted by molar-refractivity contribution is 6.00. The van der Waals surface area contributed by atoms with Crippen molar-refractivity contribution >= 4 is 5.78 Å². The molecule has 2 rings (SSSR count). The number of carbonyl (C=O) groups is 1. The van der Waals surface area contributed by atoms with Crippen LogP contribution in [0.2, 0.25) is 0 Å². The Morgan fingerprint density at radius 2 is 2.15 bits per heavy atom. The molecule has 0 radical (unpaired) electrons. The highest BCUT2D eigenvalue weighted by Crippen LogP contribution is 2.52. The van der Waals surface area contributed by atoms with Crippen molar-refractivity contribution in [3.05, 3.63) is 11.6 Å². The largest absolute Gasteiger partial charge is 0.393 e. The Hall–Kier alpha value is -0.630. The van der Waals surface area contributed by atoms with Crippen LogP contribution in [0.25, 0.3) is 0 Å². The van der Waals surface area contributed by atoms with Crippen molar-refractivity contribution in [2.24, 2.45) is 23.2 Å². The van der Waals surface area contributed by atoms with E-state index < -0.39 is 0 Å². The second-order valence-electron chi connectivity index (χ2n) is 7.31. The van der Waals surface area contributed by atoms with Gasteiger partial charge in [0, 0.05) is 5.41 Å². The molecule has 20 heavy (non-hydrogen) atoms. The summed E-state index contributed by atoms with van der Waals surface area (Å²) in [5.41, 5.74) is 0.836. The predicted molar refractivity (Wildman–Crippen MR) is 82.4 cm³/mol. The Labute approximate surface area is 123 Å². The van der Waals surface area contributed by atoms with E-state index in [-0.39, 0.29) is 17.4 Å². The molecule has 5 atom stereocenters. The van der Waals surface area contributed by atoms with Crippen LogP contribution in [0.15, 0.2) is 11.6 Å². The molecular weight excluding hydrogens is 248 g/mol. The number of hydrogen-bond acceptors (Lipinski definition) is 2. The van der Waals surface area contributed by atoms with Crippen LogP contribution in [0, 0.1) is 23.2 Å². The van der Waals surface area contributed by atoms with E-state index in [0.29, 0.717) is 17.6 Å². The number of fused-ring (bicyclic) bond motifs is 1. The van der Waals surface area contributed by atoms with Gasteiger partial charge in [-0.3, -0.25) is 4.79 Å². The fourth-order valence-corrected chi connectivity index (χ4v) is 4.44. The van der Waals surface area contributed by atoms with Crippen molar-refractivity contribution in [2.75, 3.05) is 0 Å². The second kappa shape index (κ2) is 6.01. The van der Waals surface area contributed by atoms with Gasteiger partial charge in [0.1, 0.15) is 0 Å². The van der Waals surface area contributed by atoms with E-state index in [2.05, 4.69) is 33.8 Å². The van der Waals surface area contributed by atoms with Crippen LogP contribution in [0.1, 0.15) is 66.2 Å². The molecule has 0 aromatic carbocycles. The quantitative estimate of drug-likeness (QED) is 0.788. The van der Waals surface area contributed by atoms with Gasteiger partial charge in [0.25, 0.3) is 0 Å². The first-order valence-corrected chi connectivity index (χ1v) is 8.33. The first-order chi connectivity index (χ1) is 9.40. The van der Waals surface area contributed by atoms with Crippen molar-refractivity contribution in [1.29, 1.82) is 0 Å². The lowest BCUT2D eigenvalue weighted by atomic mass is 9.54. The Bertz CT molecular complexity index is 398. The van der Waals surface area contributed by atoms with Crippen LogP contribution in [0.5, 0.6) is 0 Å². The van der Waals surface area contributed by atoms with Gasteiger partial charge in [-0.1, -0.05) is 40.2 Å². The van der Waals surface area contributed by atoms with Crippen LogP contribution < -0.4 is 0 Å². The third-order valence-electron chi connectivity index (χ3n) is 5.78. The summed E-state index contributed by atoms with van der Waals surface area (Å²) in [4.78, 5) is 12.9. The molecule has 2 heteroatoms. The minimum absolute atomic E-state index is 0.217. The summed E-state index contributed by atoms with van der Waals surface area (Å²) in [6.45, 7) is 8.67. The third kappa shape index (κ3) is 2.72. The molecule has 114 valence electrons. The number of aliphatic hydroxyl groups excluding tert-OH is 1. The van der Waals surface area contributed by atoms with Gasteiger partial charge in [0.15, 0.2) is 5.78 Å². The number of rotatable bonds is 3. The molecule has 2 aliphatic carbocycles. The molecule has 0 bridgehead atoms. The molecule has 2 nitrogen and oxygen atoms in total. The van der Waals surface area contributed by atoms with E-state index in [4.69, 9.17) is 0 Å². The van der Waals surface area contributed by atoms with Gasteiger partial charge in [-0.05, 0) is 55.4 Å². The molecule has 0 aromatic rings. The predicted octanol–water partition coefficient (Wildman–Crippen LogP) is 4.13. The molecule has 0 heterocycles. The van der Waals surface area contributed by atoms with Gasteiger partial charge in [0.2, 0.25) is 0 Å². The Morgan fingerprint density at radius 1 is 1.45 bits per heavy atom. The Kier molecular flexibility index (Phi) is 4.73. The second-order valence-corrected chi connectivity index (χ2v) is 7.31. The SMILES string of the molecule is CCCC(C)C=C1CCC2[C@H](C)C(O)CC[C@]2(C)C1=O. The van der Waals surface area contributed by atoms with Crippen molar-refractivity contribution in [3.8, 4) is 0 Å². The van der Waals surface area contributed by atoms with Crippen molar-refractivity contribution in [3.63, 3.8) is 0 Å². The minimum atomic E-state index is -0.228. The number of aliphatic hydroxyl groups is 1. The zero-order chi connectivity index (χ0) is 14.9. The lowest BCUT2D eigenvalue weighted by Gasteiger charge is -2.49. The van der Waals surface area contributed by atoms with Gasteiger partial charge in [-0.25, -0.2) is 0 Å². The molecule has 0 aliphatic heterocycles. The monoisotopic (exact) mass is 278 g/mol. The first-order valence-electron chi connectivity index (χ1n) is 8.33. The standard InChI is InChI=1S/C18H30O2/c1-5-6-12(2)11-14-7-8-15-13(3)16(19)9-10-18(15,4)17(14)20/h11-13,15-16,19H,5-10H2,1-4H3/t12?,13-,15?,16?,18-/m0/s1. The maximum Gasteiger partial charge on any atom is 0.164 e. The zero-order valence-corrected chi connectivity index (χ0v) is 13.5. The van der Waals surface area contributed by atoms with Crippen LogP contribution in [0.3, 0.4) is 0 Å². The maximum atomic E-state index is 12.9. The number of carbonyl (C=O) groups excluding carboxylic acids is 1. The topological polar surface area (TPSA) is 37.3 Å². The van der Waals surface area contributed by atoms with Crippen molar-refractivity contribution in [1.82, 2.24) is 0 Å². The van der Waals surface area contributed by atoms with E-state index in [0.717, 1.165) is 37.7 Å². The molecule has 2 saturated carbocycles. The molecule has 0 aromatic heterocycles. The fourth-order valence-electron chi connectivity index (χ4n) is 4.44. The van der Waals surface area contributed by atoms with E-state index in [1.165, 1.54) is 6.42 Å². The lowest BCUT2D eigenvalue weighted by molar-refractivity contribution is -0.138. The van der Waals surface area contributed by atoms with Crippen LogP contribution >= 0.6 is 0 Å². The normalized spacial score (nSPS) is 41.5. The number of hydrogen-bond donors (Lipinski definition) is 1. The first kappa shape index (κ1) is 15.8. The van der Waals surface area contributed by atoms with Crippen LogP contribution in [0.4, 0.5) is 0 Å². The molecule has 0 spiro atoms. The minimum Gasteiger partial charge on any atom is -0.393 e. The number of ketones is 1. The third-order valence-corrected chi connectivity index (χ3v) is 5.78. The lowest BCUT2D eigenvalue weighted by Crippen LogP contribution is -2.50. The highest BCUT2D eigenvalue weighted by atomic mass is 16.3. The fraction of sp³-hybridized carbons (Fsp3) is 0.833. The zero-order valence-electron chi connectivity index (χ0n) is 13.5. The number of Topliss-reactive ketones (excluding diaryl/α,β-unsaturated/α-hetero) is 1. The summed E-state index contributed by atoms with van der Waals surface area (Å²) in [6.07, 6.45) is 7.93. The van der Waals surface area contributed by atoms with Crippen molar-refractivity contribution in [2.45, 2.75) is 72.3 Å². The highest BCUT2D eigenvalue weighted by Gasteiger charge is 2.51. The van der Waals surface area contributed by atoms with Crippen LogP contribution in [-0.4, -0.2) is 17.0 Å². The smallest absolute Gasteiger partial charge is 0.164 e. The Balaban J connectivity index is 2.20. The number of allylic oxidation sites excluding steroid dienone is 2. The molecule has 1 N–H and O–H groups in total. The van der Waals surface area contributed by atoms with E-state index in [1.54, 1.807) is 0 Å². The summed E-state index contributed by atoms with van der Waals surface area (Å²) >= 11 is 0. The van der Waals surface area contributed by atoms with Gasteiger partial charge < -0.3 is 5.11 Å². The summed E-state index contributed by atoms with van der Waals surface area (Å²) in [6, 6.07) is 0. The van der Waals surface area contributed by atoms with Gasteiger partial charge in [-0.15, -0.1) is 0 Å². The average molecular weight is 278 g/mol. The molecule has 2 fully saturated rings. The van der Waals surface area contributed by atoms with E-state index in [9.17, 15) is 9.90 Å². The molecule has 3 unspecified atom stereocenters. The van der Waals surface area contributed by atoms with Crippen LogP contribution in [-0.2, 0) is 4.79 Å².